The van der Waals surface area contributed by atoms with Crippen LogP contribution in [0.5, 0.6) is 17.2 Å². The van der Waals surface area contributed by atoms with E-state index < -0.39 is 0 Å². The fraction of sp³-hybridized carbons (Fsp3) is 0.290. The fourth-order valence-corrected chi connectivity index (χ4v) is 4.92. The minimum absolute atomic E-state index is 0.0626. The number of benzene rings is 3. The first kappa shape index (κ1) is 26.4. The van der Waals surface area contributed by atoms with E-state index in [9.17, 15) is 9.18 Å². The molecule has 1 aliphatic rings. The number of aromatic nitrogens is 1. The van der Waals surface area contributed by atoms with E-state index in [0.29, 0.717) is 36.0 Å². The molecule has 7 nitrogen and oxygen atoms in total. The van der Waals surface area contributed by atoms with Crippen molar-refractivity contribution in [1.29, 1.82) is 0 Å². The van der Waals surface area contributed by atoms with Crippen LogP contribution in [0.2, 0.25) is 0 Å². The van der Waals surface area contributed by atoms with E-state index in [1.807, 2.05) is 42.5 Å². The quantitative estimate of drug-likeness (QED) is 0.269. The largest absolute Gasteiger partial charge is 0.497 e. The third kappa shape index (κ3) is 5.81. The summed E-state index contributed by atoms with van der Waals surface area (Å²) in [5.41, 5.74) is 3.56. The van der Waals surface area contributed by atoms with Crippen molar-refractivity contribution in [3.05, 3.63) is 83.7 Å². The summed E-state index contributed by atoms with van der Waals surface area (Å²) in [7, 11) is 4.80. The van der Waals surface area contributed by atoms with Gasteiger partial charge in [-0.3, -0.25) is 4.79 Å². The van der Waals surface area contributed by atoms with Gasteiger partial charge in [-0.25, -0.2) is 9.37 Å². The Bertz CT molecular complexity index is 1470. The van der Waals surface area contributed by atoms with Gasteiger partial charge < -0.3 is 23.8 Å². The Kier molecular flexibility index (Phi) is 7.93. The number of halogens is 1. The van der Waals surface area contributed by atoms with Gasteiger partial charge in [0.15, 0.2) is 11.5 Å². The Morgan fingerprint density at radius 1 is 1.00 bits per heavy atom. The van der Waals surface area contributed by atoms with E-state index in [1.54, 1.807) is 26.2 Å². The van der Waals surface area contributed by atoms with Crippen molar-refractivity contribution in [3.8, 4) is 28.5 Å². The Labute approximate surface area is 227 Å². The predicted octanol–water partition coefficient (Wildman–Crippen LogP) is 5.89. The highest BCUT2D eigenvalue weighted by Crippen LogP contribution is 2.35. The summed E-state index contributed by atoms with van der Waals surface area (Å²) in [5, 5.41) is 0.848. The number of ether oxygens (including phenoxy) is 4. The van der Waals surface area contributed by atoms with Crippen molar-refractivity contribution in [2.45, 2.75) is 25.5 Å². The highest BCUT2D eigenvalue weighted by atomic mass is 19.1. The van der Waals surface area contributed by atoms with Crippen LogP contribution in [0.15, 0.2) is 66.7 Å². The molecule has 1 saturated heterocycles. The summed E-state index contributed by atoms with van der Waals surface area (Å²) in [5.74, 6) is 1.28. The number of methoxy groups -OCH3 is 3. The smallest absolute Gasteiger partial charge is 0.254 e. The Morgan fingerprint density at radius 2 is 1.77 bits per heavy atom. The number of amides is 1. The van der Waals surface area contributed by atoms with Crippen LogP contribution < -0.4 is 14.2 Å². The standard InChI is InChI=1S/C31H31FN2O5/c1-36-25-7-4-6-21(15-25)30-23(14-22-16-28(37-2)29(38-3)17-27(22)33-30)18-34(19-26-8-5-13-39-26)31(35)20-9-11-24(32)12-10-20/h4,6-7,9-12,14-17,26H,5,8,13,18-19H2,1-3H3/t26-/m1/s1. The molecule has 39 heavy (non-hydrogen) atoms. The molecule has 0 bridgehead atoms. The monoisotopic (exact) mass is 530 g/mol. The van der Waals surface area contributed by atoms with Crippen LogP contribution in [0.4, 0.5) is 4.39 Å². The zero-order valence-corrected chi connectivity index (χ0v) is 22.3. The first-order chi connectivity index (χ1) is 19.0. The molecule has 3 aromatic carbocycles. The molecule has 1 atom stereocenters. The average Bonchev–Trinajstić information content (AvgIpc) is 3.49. The highest BCUT2D eigenvalue weighted by molar-refractivity contribution is 5.94. The molecule has 0 N–H and O–H groups in total. The molecular weight excluding hydrogens is 499 g/mol. The van der Waals surface area contributed by atoms with Crippen molar-refractivity contribution in [1.82, 2.24) is 9.88 Å². The number of nitrogens with zero attached hydrogens (tertiary/aromatic N) is 2. The van der Waals surface area contributed by atoms with E-state index in [0.717, 1.165) is 40.6 Å². The van der Waals surface area contributed by atoms with Gasteiger partial charge in [-0.05, 0) is 66.9 Å². The van der Waals surface area contributed by atoms with Crippen molar-refractivity contribution in [2.24, 2.45) is 0 Å². The van der Waals surface area contributed by atoms with E-state index in [-0.39, 0.29) is 24.4 Å². The number of hydrogen-bond donors (Lipinski definition) is 0. The molecule has 1 aromatic heterocycles. The van der Waals surface area contributed by atoms with E-state index >= 15 is 0 Å². The molecule has 0 radical (unpaired) electrons. The minimum Gasteiger partial charge on any atom is -0.497 e. The molecule has 0 unspecified atom stereocenters. The van der Waals surface area contributed by atoms with Gasteiger partial charge in [-0.1, -0.05) is 12.1 Å². The van der Waals surface area contributed by atoms with Crippen LogP contribution >= 0.6 is 0 Å². The third-order valence-corrected chi connectivity index (χ3v) is 6.93. The zero-order valence-electron chi connectivity index (χ0n) is 22.3. The van der Waals surface area contributed by atoms with Crippen molar-refractivity contribution >= 4 is 16.8 Å². The second-order valence-electron chi connectivity index (χ2n) is 9.46. The van der Waals surface area contributed by atoms with Gasteiger partial charge in [0.1, 0.15) is 11.6 Å². The molecule has 202 valence electrons. The molecule has 1 amide bonds. The lowest BCUT2D eigenvalue weighted by Crippen LogP contribution is -2.37. The third-order valence-electron chi connectivity index (χ3n) is 6.93. The second kappa shape index (κ2) is 11.7. The van der Waals surface area contributed by atoms with Crippen LogP contribution in [0.25, 0.3) is 22.2 Å². The number of hydrogen-bond acceptors (Lipinski definition) is 6. The number of carbonyl (C=O) groups is 1. The van der Waals surface area contributed by atoms with Gasteiger partial charge in [0, 0.05) is 42.3 Å². The Morgan fingerprint density at radius 3 is 2.46 bits per heavy atom. The lowest BCUT2D eigenvalue weighted by Gasteiger charge is -2.27. The average molecular weight is 531 g/mol. The number of carbonyl (C=O) groups excluding carboxylic acids is 1. The van der Waals surface area contributed by atoms with Crippen LogP contribution in [-0.2, 0) is 11.3 Å². The van der Waals surface area contributed by atoms with Gasteiger partial charge in [-0.2, -0.15) is 0 Å². The molecular formula is C31H31FN2O5. The zero-order chi connectivity index (χ0) is 27.4. The second-order valence-corrected chi connectivity index (χ2v) is 9.46. The van der Waals surface area contributed by atoms with E-state index in [4.69, 9.17) is 23.9 Å². The van der Waals surface area contributed by atoms with Gasteiger partial charge in [0.2, 0.25) is 0 Å². The van der Waals surface area contributed by atoms with Crippen molar-refractivity contribution in [3.63, 3.8) is 0 Å². The molecule has 1 aliphatic heterocycles. The molecule has 5 rings (SSSR count). The minimum atomic E-state index is -0.388. The van der Waals surface area contributed by atoms with Crippen LogP contribution in [0, 0.1) is 5.82 Å². The summed E-state index contributed by atoms with van der Waals surface area (Å²) >= 11 is 0. The van der Waals surface area contributed by atoms with Crippen LogP contribution in [0.3, 0.4) is 0 Å². The number of fused-ring (bicyclic) bond motifs is 1. The molecule has 0 saturated carbocycles. The maximum Gasteiger partial charge on any atom is 0.254 e. The first-order valence-corrected chi connectivity index (χ1v) is 12.9. The molecule has 0 spiro atoms. The predicted molar refractivity (Wildman–Crippen MR) is 147 cm³/mol. The maximum atomic E-state index is 13.7. The Hall–Kier alpha value is -4.17. The summed E-state index contributed by atoms with van der Waals surface area (Å²) in [6, 6.07) is 19.1. The molecule has 4 aromatic rings. The van der Waals surface area contributed by atoms with Crippen molar-refractivity contribution < 1.29 is 28.1 Å². The summed E-state index contributed by atoms with van der Waals surface area (Å²) in [6.07, 6.45) is 1.77. The molecule has 1 fully saturated rings. The topological polar surface area (TPSA) is 70.1 Å². The lowest BCUT2D eigenvalue weighted by molar-refractivity contribution is 0.0507. The van der Waals surface area contributed by atoms with Crippen molar-refractivity contribution in [2.75, 3.05) is 34.5 Å². The van der Waals surface area contributed by atoms with Crippen LogP contribution in [-0.4, -0.2) is 56.4 Å². The number of rotatable bonds is 9. The van der Waals surface area contributed by atoms with E-state index in [1.165, 1.54) is 24.3 Å². The summed E-state index contributed by atoms with van der Waals surface area (Å²) in [6.45, 7) is 1.37. The Balaban J connectivity index is 1.62. The van der Waals surface area contributed by atoms with Gasteiger partial charge in [0.25, 0.3) is 5.91 Å². The maximum absolute atomic E-state index is 13.7. The summed E-state index contributed by atoms with van der Waals surface area (Å²) in [4.78, 5) is 20.5. The highest BCUT2D eigenvalue weighted by Gasteiger charge is 2.25. The fourth-order valence-electron chi connectivity index (χ4n) is 4.92. The molecule has 0 aliphatic carbocycles. The van der Waals surface area contributed by atoms with Gasteiger partial charge in [-0.15, -0.1) is 0 Å². The SMILES string of the molecule is COc1cccc(-c2nc3cc(OC)c(OC)cc3cc2CN(C[C@H]2CCCO2)C(=O)c2ccc(F)cc2)c1. The van der Waals surface area contributed by atoms with Crippen LogP contribution in [0.1, 0.15) is 28.8 Å². The lowest BCUT2D eigenvalue weighted by atomic mass is 10.0. The molecule has 8 heteroatoms. The van der Waals surface area contributed by atoms with E-state index in [2.05, 4.69) is 0 Å². The first-order valence-electron chi connectivity index (χ1n) is 12.9. The normalized spacial score (nSPS) is 14.8. The molecule has 2 heterocycles. The number of pyridine rings is 1. The summed E-state index contributed by atoms with van der Waals surface area (Å²) < 4.78 is 36.0. The van der Waals surface area contributed by atoms with Gasteiger partial charge >= 0.3 is 0 Å². The van der Waals surface area contributed by atoms with Gasteiger partial charge in [0.05, 0.1) is 38.6 Å².